The smallest absolute Gasteiger partial charge is 0.161 e. The zero-order chi connectivity index (χ0) is 14.0. The molecule has 19 heavy (non-hydrogen) atoms. The maximum absolute atomic E-state index is 11.6. The summed E-state index contributed by atoms with van der Waals surface area (Å²) < 4.78 is 0. The number of nitrogens with zero attached hydrogens (tertiary/aromatic N) is 2. The maximum atomic E-state index is 11.6. The van der Waals surface area contributed by atoms with E-state index in [0.29, 0.717) is 17.3 Å². The molecule has 0 aromatic heterocycles. The van der Waals surface area contributed by atoms with Crippen molar-refractivity contribution in [2.45, 2.75) is 25.8 Å². The van der Waals surface area contributed by atoms with Gasteiger partial charge < -0.3 is 15.5 Å². The largest absolute Gasteiger partial charge is 0.398 e. The summed E-state index contributed by atoms with van der Waals surface area (Å²) in [4.78, 5) is 16.2. The molecular weight excluding hydrogens is 238 g/mol. The van der Waals surface area contributed by atoms with Crippen LogP contribution in [-0.2, 0) is 0 Å². The number of hydrogen-bond donors (Lipinski definition) is 1. The fourth-order valence-electron chi connectivity index (χ4n) is 2.73. The molecule has 1 aliphatic heterocycles. The molecule has 0 spiro atoms. The van der Waals surface area contributed by atoms with E-state index in [-0.39, 0.29) is 5.78 Å². The summed E-state index contributed by atoms with van der Waals surface area (Å²) in [5.41, 5.74) is 8.09. The normalized spacial score (nSPS) is 20.3. The van der Waals surface area contributed by atoms with Crippen LogP contribution in [0.1, 0.15) is 30.1 Å². The van der Waals surface area contributed by atoms with Gasteiger partial charge in [-0.05, 0) is 51.6 Å². The Morgan fingerprint density at radius 3 is 2.84 bits per heavy atom. The Kier molecular flexibility index (Phi) is 4.10. The van der Waals surface area contributed by atoms with E-state index in [4.69, 9.17) is 5.73 Å². The minimum Gasteiger partial charge on any atom is -0.398 e. The van der Waals surface area contributed by atoms with Crippen molar-refractivity contribution in [2.75, 3.05) is 37.8 Å². The van der Waals surface area contributed by atoms with Crippen LogP contribution < -0.4 is 10.6 Å². The molecule has 1 aromatic rings. The topological polar surface area (TPSA) is 49.6 Å². The first-order valence-electron chi connectivity index (χ1n) is 6.81. The van der Waals surface area contributed by atoms with Gasteiger partial charge in [0, 0.05) is 36.6 Å². The molecule has 1 heterocycles. The van der Waals surface area contributed by atoms with Gasteiger partial charge in [-0.2, -0.15) is 0 Å². The number of carbonyl (C=O) groups is 1. The lowest BCUT2D eigenvalue weighted by Gasteiger charge is -2.37. The molecule has 4 nitrogen and oxygen atoms in total. The SMILES string of the molecule is CC(=O)c1cc(N(C)C2CCCN(C)C2)ccc1N. The second kappa shape index (κ2) is 5.61. The Labute approximate surface area is 115 Å². The molecule has 0 saturated carbocycles. The standard InChI is InChI=1S/C15H23N3O/c1-11(19)14-9-12(6-7-15(14)16)18(3)13-5-4-8-17(2)10-13/h6-7,9,13H,4-5,8,10,16H2,1-3H3. The summed E-state index contributed by atoms with van der Waals surface area (Å²) in [5.74, 6) is 0.0218. The number of anilines is 2. The predicted molar refractivity (Wildman–Crippen MR) is 79.8 cm³/mol. The van der Waals surface area contributed by atoms with Gasteiger partial charge in [-0.3, -0.25) is 4.79 Å². The molecule has 1 atom stereocenters. The van der Waals surface area contributed by atoms with E-state index < -0.39 is 0 Å². The van der Waals surface area contributed by atoms with Gasteiger partial charge in [0.25, 0.3) is 0 Å². The first kappa shape index (κ1) is 13.9. The number of Topliss-reactive ketones (excluding diaryl/α,β-unsaturated/α-hetero) is 1. The van der Waals surface area contributed by atoms with Crippen molar-refractivity contribution in [3.63, 3.8) is 0 Å². The summed E-state index contributed by atoms with van der Waals surface area (Å²) in [6, 6.07) is 6.24. The highest BCUT2D eigenvalue weighted by atomic mass is 16.1. The third-order valence-corrected chi connectivity index (χ3v) is 3.97. The highest BCUT2D eigenvalue weighted by molar-refractivity contribution is 6.00. The Bertz CT molecular complexity index is 472. The monoisotopic (exact) mass is 261 g/mol. The number of likely N-dealkylation sites (N-methyl/N-ethyl adjacent to an activating group) is 2. The second-order valence-electron chi connectivity index (χ2n) is 5.50. The summed E-state index contributed by atoms with van der Waals surface area (Å²) in [5, 5.41) is 0. The number of hydrogen-bond acceptors (Lipinski definition) is 4. The number of benzene rings is 1. The van der Waals surface area contributed by atoms with Gasteiger partial charge in [-0.25, -0.2) is 0 Å². The lowest BCUT2D eigenvalue weighted by Crippen LogP contribution is -2.45. The molecule has 1 aliphatic rings. The average Bonchev–Trinajstić information content (AvgIpc) is 2.38. The molecule has 4 heteroatoms. The van der Waals surface area contributed by atoms with Crippen molar-refractivity contribution in [1.82, 2.24) is 4.90 Å². The number of likely N-dealkylation sites (tertiary alicyclic amines) is 1. The van der Waals surface area contributed by atoms with Gasteiger partial charge in [-0.15, -0.1) is 0 Å². The third-order valence-electron chi connectivity index (χ3n) is 3.97. The van der Waals surface area contributed by atoms with Crippen molar-refractivity contribution < 1.29 is 4.79 Å². The predicted octanol–water partition coefficient (Wildman–Crippen LogP) is 2.00. The molecule has 0 radical (unpaired) electrons. The Hall–Kier alpha value is -1.55. The molecule has 1 fully saturated rings. The number of nitrogen functional groups attached to an aromatic ring is 1. The zero-order valence-corrected chi connectivity index (χ0v) is 12.0. The van der Waals surface area contributed by atoms with E-state index in [1.165, 1.54) is 19.4 Å². The second-order valence-corrected chi connectivity index (χ2v) is 5.50. The summed E-state index contributed by atoms with van der Waals surface area (Å²) in [7, 11) is 4.25. The molecule has 0 bridgehead atoms. The van der Waals surface area contributed by atoms with Crippen LogP contribution in [0.2, 0.25) is 0 Å². The molecule has 0 aliphatic carbocycles. The van der Waals surface area contributed by atoms with Gasteiger partial charge in [0.05, 0.1) is 0 Å². The highest BCUT2D eigenvalue weighted by Crippen LogP contribution is 2.25. The number of piperidine rings is 1. The third kappa shape index (κ3) is 3.07. The van der Waals surface area contributed by atoms with Crippen molar-refractivity contribution >= 4 is 17.2 Å². The molecule has 104 valence electrons. The maximum Gasteiger partial charge on any atom is 0.161 e. The Morgan fingerprint density at radius 1 is 1.47 bits per heavy atom. The first-order chi connectivity index (χ1) is 8.99. The molecule has 0 amide bonds. The lowest BCUT2D eigenvalue weighted by atomic mass is 10.0. The number of ketones is 1. The summed E-state index contributed by atoms with van der Waals surface area (Å²) >= 11 is 0. The van der Waals surface area contributed by atoms with Crippen LogP contribution in [0, 0.1) is 0 Å². The van der Waals surface area contributed by atoms with Crippen LogP contribution in [0.5, 0.6) is 0 Å². The van der Waals surface area contributed by atoms with Crippen LogP contribution in [-0.4, -0.2) is 43.9 Å². The van der Waals surface area contributed by atoms with Crippen LogP contribution in [0.25, 0.3) is 0 Å². The van der Waals surface area contributed by atoms with E-state index in [0.717, 1.165) is 12.2 Å². The molecule has 1 unspecified atom stereocenters. The van der Waals surface area contributed by atoms with Crippen molar-refractivity contribution in [1.29, 1.82) is 0 Å². The minimum absolute atomic E-state index is 0.0218. The Morgan fingerprint density at radius 2 is 2.21 bits per heavy atom. The fraction of sp³-hybridized carbons (Fsp3) is 0.533. The van der Waals surface area contributed by atoms with Gasteiger partial charge in [-0.1, -0.05) is 0 Å². The highest BCUT2D eigenvalue weighted by Gasteiger charge is 2.21. The van der Waals surface area contributed by atoms with Gasteiger partial charge >= 0.3 is 0 Å². The first-order valence-corrected chi connectivity index (χ1v) is 6.81. The van der Waals surface area contributed by atoms with Crippen LogP contribution in [0.15, 0.2) is 18.2 Å². The zero-order valence-electron chi connectivity index (χ0n) is 12.0. The quantitative estimate of drug-likeness (QED) is 0.668. The summed E-state index contributed by atoms with van der Waals surface area (Å²) in [6.45, 7) is 3.80. The number of nitrogens with two attached hydrogens (primary N) is 1. The summed E-state index contributed by atoms with van der Waals surface area (Å²) in [6.07, 6.45) is 2.42. The molecule has 1 saturated heterocycles. The van der Waals surface area contributed by atoms with Crippen LogP contribution in [0.3, 0.4) is 0 Å². The van der Waals surface area contributed by atoms with Crippen LogP contribution >= 0.6 is 0 Å². The van der Waals surface area contributed by atoms with Crippen molar-refractivity contribution in [3.8, 4) is 0 Å². The molecular formula is C15H23N3O. The Balaban J connectivity index is 2.21. The van der Waals surface area contributed by atoms with E-state index in [2.05, 4.69) is 23.9 Å². The molecule has 2 N–H and O–H groups in total. The number of carbonyl (C=O) groups excluding carboxylic acids is 1. The van der Waals surface area contributed by atoms with Crippen molar-refractivity contribution in [3.05, 3.63) is 23.8 Å². The number of rotatable bonds is 3. The molecule has 1 aromatic carbocycles. The van der Waals surface area contributed by atoms with E-state index >= 15 is 0 Å². The van der Waals surface area contributed by atoms with E-state index in [1.807, 2.05) is 18.2 Å². The van der Waals surface area contributed by atoms with Gasteiger partial charge in [0.1, 0.15) is 0 Å². The van der Waals surface area contributed by atoms with Gasteiger partial charge in [0.15, 0.2) is 5.78 Å². The van der Waals surface area contributed by atoms with E-state index in [9.17, 15) is 4.79 Å². The minimum atomic E-state index is 0.0218. The van der Waals surface area contributed by atoms with Crippen LogP contribution in [0.4, 0.5) is 11.4 Å². The molecule has 2 rings (SSSR count). The average molecular weight is 261 g/mol. The lowest BCUT2D eigenvalue weighted by molar-refractivity contribution is 0.101. The fourth-order valence-corrected chi connectivity index (χ4v) is 2.73. The van der Waals surface area contributed by atoms with Gasteiger partial charge in [0.2, 0.25) is 0 Å². The van der Waals surface area contributed by atoms with Crippen molar-refractivity contribution in [2.24, 2.45) is 0 Å². The van der Waals surface area contributed by atoms with E-state index in [1.54, 1.807) is 6.92 Å².